The number of hydrogen-bond donors (Lipinski definition) is 2. The van der Waals surface area contributed by atoms with Crippen LogP contribution in [0.4, 0.5) is 0 Å². The lowest BCUT2D eigenvalue weighted by Gasteiger charge is -2.31. The fourth-order valence-electron chi connectivity index (χ4n) is 2.93. The Labute approximate surface area is 99.2 Å². The van der Waals surface area contributed by atoms with Crippen molar-refractivity contribution in [3.8, 4) is 0 Å². The van der Waals surface area contributed by atoms with Gasteiger partial charge < -0.3 is 15.3 Å². The summed E-state index contributed by atoms with van der Waals surface area (Å²) in [6.45, 7) is 5.42. The Morgan fingerprint density at radius 2 is 1.94 bits per heavy atom. The molecule has 0 bridgehead atoms. The van der Waals surface area contributed by atoms with Crippen LogP contribution in [-0.4, -0.2) is 48.8 Å². The number of aliphatic hydroxyl groups excluding tert-OH is 1. The zero-order valence-corrected chi connectivity index (χ0v) is 10.3. The third-order valence-corrected chi connectivity index (χ3v) is 4.02. The molecular weight excluding hydrogens is 200 g/mol. The molecule has 0 aromatic heterocycles. The van der Waals surface area contributed by atoms with E-state index in [4.69, 9.17) is 0 Å². The number of aliphatic hydroxyl groups is 1. The van der Waals surface area contributed by atoms with Gasteiger partial charge in [0.05, 0.1) is 6.10 Å². The van der Waals surface area contributed by atoms with Gasteiger partial charge in [-0.25, -0.2) is 0 Å². The molecule has 2 N–H and O–H groups in total. The van der Waals surface area contributed by atoms with E-state index < -0.39 is 0 Å². The summed E-state index contributed by atoms with van der Waals surface area (Å²) in [4.78, 5) is 2.44. The van der Waals surface area contributed by atoms with E-state index in [-0.39, 0.29) is 6.10 Å². The predicted molar refractivity (Wildman–Crippen MR) is 66.5 cm³/mol. The van der Waals surface area contributed by atoms with E-state index in [2.05, 4.69) is 10.2 Å². The third-order valence-electron chi connectivity index (χ3n) is 4.02. The monoisotopic (exact) mass is 226 g/mol. The van der Waals surface area contributed by atoms with Crippen molar-refractivity contribution in [2.45, 2.75) is 44.6 Å². The van der Waals surface area contributed by atoms with E-state index >= 15 is 0 Å². The first-order valence-corrected chi connectivity index (χ1v) is 6.97. The average Bonchev–Trinajstić information content (AvgIpc) is 2.59. The van der Waals surface area contributed by atoms with E-state index in [0.717, 1.165) is 19.6 Å². The van der Waals surface area contributed by atoms with Crippen LogP contribution in [0.2, 0.25) is 0 Å². The molecule has 2 heterocycles. The van der Waals surface area contributed by atoms with Crippen molar-refractivity contribution < 1.29 is 5.11 Å². The summed E-state index contributed by atoms with van der Waals surface area (Å²) in [5.41, 5.74) is 0. The average molecular weight is 226 g/mol. The molecule has 0 spiro atoms. The highest BCUT2D eigenvalue weighted by Gasteiger charge is 2.23. The van der Waals surface area contributed by atoms with E-state index in [9.17, 15) is 5.11 Å². The van der Waals surface area contributed by atoms with E-state index in [1.54, 1.807) is 0 Å². The molecule has 2 aliphatic rings. The predicted octanol–water partition coefficient (Wildman–Crippen LogP) is 1.22. The van der Waals surface area contributed by atoms with Gasteiger partial charge in [-0.2, -0.15) is 0 Å². The maximum atomic E-state index is 10.3. The van der Waals surface area contributed by atoms with Crippen molar-refractivity contribution in [3.63, 3.8) is 0 Å². The molecule has 16 heavy (non-hydrogen) atoms. The summed E-state index contributed by atoms with van der Waals surface area (Å²) in [7, 11) is 0. The zero-order chi connectivity index (χ0) is 11.2. The third kappa shape index (κ3) is 3.72. The number of hydrogen-bond acceptors (Lipinski definition) is 3. The van der Waals surface area contributed by atoms with Crippen LogP contribution < -0.4 is 5.32 Å². The fourth-order valence-corrected chi connectivity index (χ4v) is 2.93. The lowest BCUT2D eigenvalue weighted by atomic mass is 9.96. The standard InChI is InChI=1S/C13H26N2O/c16-13(11-15-8-4-1-5-9-15)12-6-2-3-7-14-10-12/h12-14,16H,1-11H2. The van der Waals surface area contributed by atoms with Crippen molar-refractivity contribution in [2.75, 3.05) is 32.7 Å². The molecule has 3 nitrogen and oxygen atoms in total. The largest absolute Gasteiger partial charge is 0.391 e. The van der Waals surface area contributed by atoms with Gasteiger partial charge in [-0.15, -0.1) is 0 Å². The second-order valence-corrected chi connectivity index (χ2v) is 5.39. The van der Waals surface area contributed by atoms with Gasteiger partial charge in [0, 0.05) is 13.1 Å². The zero-order valence-electron chi connectivity index (χ0n) is 10.3. The van der Waals surface area contributed by atoms with Gasteiger partial charge in [-0.3, -0.25) is 0 Å². The van der Waals surface area contributed by atoms with Gasteiger partial charge in [0.25, 0.3) is 0 Å². The number of likely N-dealkylation sites (tertiary alicyclic amines) is 1. The van der Waals surface area contributed by atoms with Gasteiger partial charge in [-0.1, -0.05) is 12.8 Å². The molecule has 2 rings (SSSR count). The van der Waals surface area contributed by atoms with Crippen LogP contribution in [0.15, 0.2) is 0 Å². The minimum absolute atomic E-state index is 0.122. The Hall–Kier alpha value is -0.120. The lowest BCUT2D eigenvalue weighted by molar-refractivity contribution is 0.0547. The molecule has 0 saturated carbocycles. The normalized spacial score (nSPS) is 30.9. The maximum absolute atomic E-state index is 10.3. The Balaban J connectivity index is 1.74. The van der Waals surface area contributed by atoms with Crippen LogP contribution in [0.5, 0.6) is 0 Å². The minimum Gasteiger partial charge on any atom is -0.391 e. The van der Waals surface area contributed by atoms with Gasteiger partial charge in [0.1, 0.15) is 0 Å². The van der Waals surface area contributed by atoms with Crippen molar-refractivity contribution in [1.82, 2.24) is 10.2 Å². The van der Waals surface area contributed by atoms with Crippen LogP contribution in [-0.2, 0) is 0 Å². The Bertz CT molecular complexity index is 184. The molecule has 0 aromatic rings. The van der Waals surface area contributed by atoms with Crippen LogP contribution >= 0.6 is 0 Å². The summed E-state index contributed by atoms with van der Waals surface area (Å²) < 4.78 is 0. The first-order valence-electron chi connectivity index (χ1n) is 6.97. The highest BCUT2D eigenvalue weighted by atomic mass is 16.3. The quantitative estimate of drug-likeness (QED) is 0.759. The minimum atomic E-state index is -0.122. The van der Waals surface area contributed by atoms with Crippen LogP contribution in [0.1, 0.15) is 38.5 Å². The van der Waals surface area contributed by atoms with Crippen LogP contribution in [0.25, 0.3) is 0 Å². The van der Waals surface area contributed by atoms with Crippen LogP contribution in [0.3, 0.4) is 0 Å². The molecule has 2 saturated heterocycles. The molecule has 0 aromatic carbocycles. The molecule has 2 unspecified atom stereocenters. The Morgan fingerprint density at radius 1 is 1.12 bits per heavy atom. The highest BCUT2D eigenvalue weighted by molar-refractivity contribution is 4.78. The van der Waals surface area contributed by atoms with Crippen molar-refractivity contribution >= 4 is 0 Å². The van der Waals surface area contributed by atoms with Crippen molar-refractivity contribution in [1.29, 1.82) is 0 Å². The second-order valence-electron chi connectivity index (χ2n) is 5.39. The maximum Gasteiger partial charge on any atom is 0.0707 e. The smallest absolute Gasteiger partial charge is 0.0707 e. The molecule has 0 amide bonds. The number of nitrogens with one attached hydrogen (secondary N) is 1. The molecule has 2 atom stereocenters. The molecular formula is C13H26N2O. The Morgan fingerprint density at radius 3 is 2.75 bits per heavy atom. The summed E-state index contributed by atoms with van der Waals surface area (Å²) in [5, 5.41) is 13.7. The van der Waals surface area contributed by atoms with E-state index in [0.29, 0.717) is 5.92 Å². The molecule has 2 aliphatic heterocycles. The van der Waals surface area contributed by atoms with Gasteiger partial charge in [-0.05, 0) is 51.2 Å². The van der Waals surface area contributed by atoms with Crippen molar-refractivity contribution in [3.05, 3.63) is 0 Å². The van der Waals surface area contributed by atoms with Gasteiger partial charge in [0.2, 0.25) is 0 Å². The SMILES string of the molecule is OC(CN1CCCCC1)C1CCCCNC1. The summed E-state index contributed by atoms with van der Waals surface area (Å²) in [5.74, 6) is 0.476. The first kappa shape index (κ1) is 12.3. The highest BCUT2D eigenvalue weighted by Crippen LogP contribution is 2.17. The summed E-state index contributed by atoms with van der Waals surface area (Å²) >= 11 is 0. The molecule has 2 fully saturated rings. The van der Waals surface area contributed by atoms with E-state index in [1.165, 1.54) is 51.6 Å². The van der Waals surface area contributed by atoms with Crippen molar-refractivity contribution in [2.24, 2.45) is 5.92 Å². The molecule has 3 heteroatoms. The molecule has 0 radical (unpaired) electrons. The molecule has 94 valence electrons. The number of rotatable bonds is 3. The van der Waals surface area contributed by atoms with Crippen LogP contribution in [0, 0.1) is 5.92 Å². The lowest BCUT2D eigenvalue weighted by Crippen LogP contribution is -2.41. The second kappa shape index (κ2) is 6.58. The topological polar surface area (TPSA) is 35.5 Å². The number of β-amino-alcohol motifs (C(OH)–C–C–N with tert-alkyl or cyclic N) is 1. The number of piperidine rings is 1. The number of nitrogens with zero attached hydrogens (tertiary/aromatic N) is 1. The summed E-state index contributed by atoms with van der Waals surface area (Å²) in [6, 6.07) is 0. The first-order chi connectivity index (χ1) is 7.86. The summed E-state index contributed by atoms with van der Waals surface area (Å²) in [6.07, 6.45) is 7.62. The van der Waals surface area contributed by atoms with Gasteiger partial charge in [0.15, 0.2) is 0 Å². The molecule has 0 aliphatic carbocycles. The fraction of sp³-hybridized carbons (Fsp3) is 1.00. The Kier molecular flexibility index (Phi) is 5.07. The van der Waals surface area contributed by atoms with Gasteiger partial charge >= 0.3 is 0 Å². The van der Waals surface area contributed by atoms with E-state index in [1.807, 2.05) is 0 Å².